The molecule has 5 heterocycles. The second kappa shape index (κ2) is 24.9. The predicted octanol–water partition coefficient (Wildman–Crippen LogP) is 7.20. The smallest absolute Gasteiger partial charge is 0.465 e. The standard InChI is InChI=1S/C21H23N3O3S.C18H16BrN3O3S.C3H5BN2O2.CH4S/c1-13(2)20-23-17(12-28-20)11-24-10-14(3)9-18(24)19(25)22-16-7-5-15(6-8-16)21(26)27-4;1-11-7-15(22(8-11)9-14-10-26-18(19)21-14)16(23)20-13-5-3-12(4-6-13)17(24)25-2;7-4(8)3-1-5-6-2-3;1-2/h5-10,12-13H,11H2,1-4H3,(H,22,25);3-8,10H,9H2,1-2H3,(H,20,23);1-2,7-8H,(H,5,6);2H,1H3. The van der Waals surface area contributed by atoms with Crippen molar-refractivity contribution < 1.29 is 38.7 Å². The van der Waals surface area contributed by atoms with E-state index in [-0.39, 0.29) is 11.8 Å². The quantitative estimate of drug-likeness (QED) is 0.0409. The van der Waals surface area contributed by atoms with Gasteiger partial charge in [0.05, 0.1) is 54.8 Å². The number of methoxy groups -OCH3 is 2. The van der Waals surface area contributed by atoms with E-state index in [1.807, 2.05) is 58.3 Å². The van der Waals surface area contributed by atoms with Crippen molar-refractivity contribution in [2.45, 2.75) is 46.7 Å². The second-order valence-electron chi connectivity index (χ2n) is 13.9. The molecule has 5 aromatic heterocycles. The molecule has 16 nitrogen and oxygen atoms in total. The number of hydrogen-bond acceptors (Lipinski definition) is 14. The minimum Gasteiger partial charge on any atom is -0.465 e. The Labute approximate surface area is 392 Å². The zero-order valence-electron chi connectivity index (χ0n) is 36.0. The van der Waals surface area contributed by atoms with E-state index in [1.165, 1.54) is 38.0 Å². The number of carbonyl (C=O) groups excluding carboxylic acids is 4. The Morgan fingerprint density at radius 1 is 0.781 bits per heavy atom. The van der Waals surface area contributed by atoms with Gasteiger partial charge >= 0.3 is 19.1 Å². The third-order valence-corrected chi connectivity index (χ3v) is 11.3. The van der Waals surface area contributed by atoms with E-state index in [2.05, 4.69) is 82.7 Å². The average Bonchev–Trinajstić information content (AvgIpc) is 4.15. The van der Waals surface area contributed by atoms with Crippen molar-refractivity contribution >= 4 is 98.9 Å². The molecule has 336 valence electrons. The van der Waals surface area contributed by atoms with Crippen molar-refractivity contribution in [1.29, 1.82) is 0 Å². The topological polar surface area (TPSA) is 216 Å². The van der Waals surface area contributed by atoms with E-state index in [4.69, 9.17) is 10.0 Å². The molecule has 21 heteroatoms. The van der Waals surface area contributed by atoms with Crippen LogP contribution in [0, 0.1) is 13.8 Å². The molecule has 0 aliphatic rings. The third-order valence-electron chi connectivity index (χ3n) is 8.73. The van der Waals surface area contributed by atoms with Crippen molar-refractivity contribution in [3.8, 4) is 0 Å². The van der Waals surface area contributed by atoms with Crippen molar-refractivity contribution in [2.24, 2.45) is 0 Å². The highest BCUT2D eigenvalue weighted by Crippen LogP contribution is 2.22. The van der Waals surface area contributed by atoms with Crippen molar-refractivity contribution in [1.82, 2.24) is 29.3 Å². The van der Waals surface area contributed by atoms with Crippen LogP contribution in [0.15, 0.2) is 100 Å². The van der Waals surface area contributed by atoms with Crippen LogP contribution < -0.4 is 16.1 Å². The van der Waals surface area contributed by atoms with Gasteiger partial charge in [0.2, 0.25) is 0 Å². The maximum absolute atomic E-state index is 12.8. The van der Waals surface area contributed by atoms with Gasteiger partial charge in [-0.15, -0.1) is 22.7 Å². The van der Waals surface area contributed by atoms with Crippen LogP contribution in [-0.2, 0) is 22.6 Å². The third kappa shape index (κ3) is 14.9. The summed E-state index contributed by atoms with van der Waals surface area (Å²) in [5, 5.41) is 33.6. The Kier molecular flexibility index (Phi) is 19.7. The molecule has 0 bridgehead atoms. The van der Waals surface area contributed by atoms with E-state index in [0.717, 1.165) is 31.4 Å². The lowest BCUT2D eigenvalue weighted by atomic mass is 9.83. The molecule has 0 spiro atoms. The first-order valence-corrected chi connectivity index (χ1v) is 22.7. The zero-order chi connectivity index (χ0) is 46.9. The fourth-order valence-corrected chi connectivity index (χ4v) is 7.59. The minimum absolute atomic E-state index is 0.210. The monoisotopic (exact) mass is 990 g/mol. The number of aryl methyl sites for hydroxylation is 2. The highest BCUT2D eigenvalue weighted by atomic mass is 79.9. The van der Waals surface area contributed by atoms with Crippen LogP contribution in [-0.4, -0.2) is 90.7 Å². The molecule has 0 saturated carbocycles. The SMILES string of the molecule is COC(=O)c1ccc(NC(=O)c2cc(C)cn2Cc2csc(Br)n2)cc1.COC(=O)c1ccc(NC(=O)c2cc(C)cn2Cc2csc(C(C)C)n2)cc1.CS.OB(O)c1cn[nH]c1. The summed E-state index contributed by atoms with van der Waals surface area (Å²) < 4.78 is 13.9. The van der Waals surface area contributed by atoms with Crippen molar-refractivity contribution in [2.75, 3.05) is 31.1 Å². The fraction of sp³-hybridized carbons (Fsp3) is 0.233. The molecule has 7 rings (SSSR count). The summed E-state index contributed by atoms with van der Waals surface area (Å²) in [6, 6.07) is 16.8. The number of rotatable bonds is 12. The lowest BCUT2D eigenvalue weighted by molar-refractivity contribution is 0.0592. The van der Waals surface area contributed by atoms with Crippen LogP contribution in [0.1, 0.15) is 89.0 Å². The molecule has 0 saturated heterocycles. The Morgan fingerprint density at radius 3 is 1.58 bits per heavy atom. The largest absolute Gasteiger partial charge is 0.491 e. The Hall–Kier alpha value is -5.84. The summed E-state index contributed by atoms with van der Waals surface area (Å²) in [5.41, 5.74) is 7.39. The molecule has 0 radical (unpaired) electrons. The van der Waals surface area contributed by atoms with E-state index in [9.17, 15) is 19.2 Å². The number of esters is 2. The van der Waals surface area contributed by atoms with Crippen LogP contribution in [0.5, 0.6) is 0 Å². The van der Waals surface area contributed by atoms with Crippen LogP contribution in [0.3, 0.4) is 0 Å². The molecule has 0 atom stereocenters. The van der Waals surface area contributed by atoms with Crippen LogP contribution in [0.2, 0.25) is 0 Å². The number of H-pyrrole nitrogens is 1. The molecule has 0 unspecified atom stereocenters. The Bertz CT molecular complexity index is 2590. The number of aromatic nitrogens is 6. The number of aromatic amines is 1. The summed E-state index contributed by atoms with van der Waals surface area (Å²) in [6.07, 6.45) is 8.33. The van der Waals surface area contributed by atoms with Gasteiger partial charge in [-0.1, -0.05) is 13.8 Å². The molecular formula is C43H48BBrN8O8S3. The van der Waals surface area contributed by atoms with Gasteiger partial charge in [0.1, 0.15) is 11.4 Å². The van der Waals surface area contributed by atoms with Gasteiger partial charge in [-0.3, -0.25) is 14.7 Å². The van der Waals surface area contributed by atoms with E-state index < -0.39 is 19.1 Å². The van der Waals surface area contributed by atoms with Gasteiger partial charge in [-0.05, 0) is 108 Å². The summed E-state index contributed by atoms with van der Waals surface area (Å²) in [4.78, 5) is 57.5. The number of carbonyl (C=O) groups is 4. The summed E-state index contributed by atoms with van der Waals surface area (Å²) in [5.74, 6) is -0.870. The lowest BCUT2D eigenvalue weighted by Crippen LogP contribution is -2.28. The van der Waals surface area contributed by atoms with Gasteiger partial charge in [0.25, 0.3) is 11.8 Å². The Balaban J connectivity index is 0.000000232. The van der Waals surface area contributed by atoms with Gasteiger partial charge in [0.15, 0.2) is 3.92 Å². The van der Waals surface area contributed by atoms with Gasteiger partial charge < -0.3 is 39.3 Å². The molecule has 0 aliphatic heterocycles. The number of thiol groups is 1. The zero-order valence-corrected chi connectivity index (χ0v) is 40.1. The van der Waals surface area contributed by atoms with Gasteiger partial charge in [-0.25, -0.2) is 19.6 Å². The first-order valence-electron chi connectivity index (χ1n) is 19.3. The minimum atomic E-state index is -1.41. The highest BCUT2D eigenvalue weighted by molar-refractivity contribution is 9.11. The number of benzene rings is 2. The number of ether oxygens (including phenoxy) is 2. The summed E-state index contributed by atoms with van der Waals surface area (Å²) in [7, 11) is 1.25. The molecule has 0 aliphatic carbocycles. The molecule has 0 fully saturated rings. The number of hydrogen-bond donors (Lipinski definition) is 6. The number of nitrogens with one attached hydrogen (secondary N) is 3. The summed E-state index contributed by atoms with van der Waals surface area (Å²) in [6.45, 7) is 9.19. The second-order valence-corrected chi connectivity index (χ2v) is 17.0. The average molecular weight is 992 g/mol. The van der Waals surface area contributed by atoms with E-state index >= 15 is 0 Å². The first-order chi connectivity index (χ1) is 30.6. The van der Waals surface area contributed by atoms with Gasteiger partial charge in [-0.2, -0.15) is 17.7 Å². The lowest BCUT2D eigenvalue weighted by Gasteiger charge is -2.09. The molecule has 5 N–H and O–H groups in total. The van der Waals surface area contributed by atoms with Crippen molar-refractivity contribution in [3.63, 3.8) is 0 Å². The fourth-order valence-electron chi connectivity index (χ4n) is 5.73. The molecule has 7 aromatic rings. The molecular weight excluding hydrogens is 943 g/mol. The number of halogens is 1. The van der Waals surface area contributed by atoms with Crippen molar-refractivity contribution in [3.05, 3.63) is 150 Å². The normalized spacial score (nSPS) is 10.3. The first kappa shape index (κ1) is 50.8. The predicted molar refractivity (Wildman–Crippen MR) is 257 cm³/mol. The Morgan fingerprint density at radius 2 is 1.23 bits per heavy atom. The van der Waals surface area contributed by atoms with Crippen LogP contribution in [0.4, 0.5) is 11.4 Å². The number of thiazole rings is 2. The molecule has 64 heavy (non-hydrogen) atoms. The number of nitrogens with zero attached hydrogens (tertiary/aromatic N) is 5. The molecule has 2 aromatic carbocycles. The van der Waals surface area contributed by atoms with Gasteiger partial charge in [0, 0.05) is 58.3 Å². The number of anilines is 2. The maximum atomic E-state index is 12.8. The summed E-state index contributed by atoms with van der Waals surface area (Å²) >= 11 is 10.0. The van der Waals surface area contributed by atoms with E-state index in [0.29, 0.717) is 58.4 Å². The van der Waals surface area contributed by atoms with E-state index in [1.54, 1.807) is 66.1 Å². The number of amides is 2. The van der Waals surface area contributed by atoms with Crippen LogP contribution >= 0.6 is 51.2 Å². The highest BCUT2D eigenvalue weighted by Gasteiger charge is 2.17. The molecule has 2 amide bonds. The van der Waals surface area contributed by atoms with Crippen LogP contribution in [0.25, 0.3) is 0 Å². The maximum Gasteiger partial charge on any atom is 0.491 e.